The molecule has 1 aliphatic rings. The van der Waals surface area contributed by atoms with Crippen LogP contribution in [0.2, 0.25) is 5.02 Å². The van der Waals surface area contributed by atoms with Crippen molar-refractivity contribution < 1.29 is 24.5 Å². The monoisotopic (exact) mass is 465 g/mol. The van der Waals surface area contributed by atoms with Crippen LogP contribution < -0.4 is 0 Å². The summed E-state index contributed by atoms with van der Waals surface area (Å²) in [5, 5.41) is 20.6. The molecule has 1 aliphatic heterocycles. The number of aliphatic hydroxyl groups excluding tert-OH is 1. The molecule has 146 valence electrons. The number of ether oxygens (including phenoxy) is 1. The van der Waals surface area contributed by atoms with E-state index in [9.17, 15) is 19.8 Å². The molecule has 0 aromatic heterocycles. The molecule has 1 saturated heterocycles. The molecular formula is C20H17BrClNO5. The molecule has 1 unspecified atom stereocenters. The second-order valence-electron chi connectivity index (χ2n) is 6.20. The number of rotatable bonds is 5. The Morgan fingerprint density at radius 1 is 1.21 bits per heavy atom. The number of methoxy groups -OCH3 is 1. The maximum absolute atomic E-state index is 12.8. The number of aliphatic hydroxyl groups is 1. The van der Waals surface area contributed by atoms with E-state index in [1.54, 1.807) is 30.3 Å². The van der Waals surface area contributed by atoms with Crippen LogP contribution in [-0.2, 0) is 14.3 Å². The SMILES string of the molecule is COCCN1C(=O)C(=O)/C(=C(\O)c2ccc(Br)cc2)C1c1ccc(O)c(Cl)c1. The van der Waals surface area contributed by atoms with Crippen LogP contribution in [0.15, 0.2) is 52.5 Å². The van der Waals surface area contributed by atoms with E-state index in [-0.39, 0.29) is 35.3 Å². The number of Topliss-reactive ketones (excluding diaryl/α,β-unsaturated/α-hetero) is 1. The summed E-state index contributed by atoms with van der Waals surface area (Å²) in [5.41, 5.74) is 0.866. The molecule has 2 aromatic rings. The number of amides is 1. The van der Waals surface area contributed by atoms with E-state index < -0.39 is 17.7 Å². The molecule has 1 atom stereocenters. The number of nitrogens with zero attached hydrogens (tertiary/aromatic N) is 1. The van der Waals surface area contributed by atoms with Gasteiger partial charge in [-0.15, -0.1) is 0 Å². The molecule has 1 amide bonds. The summed E-state index contributed by atoms with van der Waals surface area (Å²) >= 11 is 9.35. The van der Waals surface area contributed by atoms with Gasteiger partial charge in [0.1, 0.15) is 11.5 Å². The van der Waals surface area contributed by atoms with Crippen molar-refractivity contribution in [3.05, 3.63) is 68.7 Å². The molecular weight excluding hydrogens is 450 g/mol. The van der Waals surface area contributed by atoms with E-state index in [1.807, 2.05) is 0 Å². The summed E-state index contributed by atoms with van der Waals surface area (Å²) in [6.07, 6.45) is 0. The molecule has 0 spiro atoms. The number of phenols is 1. The van der Waals surface area contributed by atoms with Gasteiger partial charge in [-0.25, -0.2) is 0 Å². The van der Waals surface area contributed by atoms with Gasteiger partial charge in [-0.1, -0.05) is 45.7 Å². The number of hydrogen-bond acceptors (Lipinski definition) is 5. The van der Waals surface area contributed by atoms with Gasteiger partial charge >= 0.3 is 0 Å². The van der Waals surface area contributed by atoms with Crippen LogP contribution in [0, 0.1) is 0 Å². The minimum absolute atomic E-state index is 0.0369. The maximum Gasteiger partial charge on any atom is 0.295 e. The van der Waals surface area contributed by atoms with Crippen molar-refractivity contribution in [3.63, 3.8) is 0 Å². The minimum Gasteiger partial charge on any atom is -0.507 e. The normalized spacial score (nSPS) is 18.7. The lowest BCUT2D eigenvalue weighted by Gasteiger charge is -2.25. The van der Waals surface area contributed by atoms with Crippen molar-refractivity contribution in [2.75, 3.05) is 20.3 Å². The Morgan fingerprint density at radius 3 is 2.50 bits per heavy atom. The summed E-state index contributed by atoms with van der Waals surface area (Å²) in [6, 6.07) is 10.3. The Morgan fingerprint density at radius 2 is 1.89 bits per heavy atom. The molecule has 28 heavy (non-hydrogen) atoms. The molecule has 0 bridgehead atoms. The topological polar surface area (TPSA) is 87.1 Å². The quantitative estimate of drug-likeness (QED) is 0.397. The van der Waals surface area contributed by atoms with Gasteiger partial charge in [-0.3, -0.25) is 9.59 Å². The molecule has 0 saturated carbocycles. The summed E-state index contributed by atoms with van der Waals surface area (Å²) in [7, 11) is 1.49. The Hall–Kier alpha value is -2.35. The van der Waals surface area contributed by atoms with Crippen molar-refractivity contribution in [1.29, 1.82) is 0 Å². The van der Waals surface area contributed by atoms with Crippen molar-refractivity contribution in [2.45, 2.75) is 6.04 Å². The standard InChI is InChI=1S/C20H17BrClNO5/c1-28-9-8-23-17(12-4-7-15(24)14(22)10-12)16(19(26)20(23)27)18(25)11-2-5-13(21)6-3-11/h2-7,10,17,24-25H,8-9H2,1H3/b18-16-. The first kappa shape index (κ1) is 20.4. The van der Waals surface area contributed by atoms with Crippen molar-refractivity contribution in [1.82, 2.24) is 4.90 Å². The molecule has 6 nitrogen and oxygen atoms in total. The Balaban J connectivity index is 2.17. The van der Waals surface area contributed by atoms with Gasteiger partial charge in [-0.05, 0) is 29.8 Å². The zero-order valence-corrected chi connectivity index (χ0v) is 17.2. The van der Waals surface area contributed by atoms with Gasteiger partial charge in [-0.2, -0.15) is 0 Å². The highest BCUT2D eigenvalue weighted by atomic mass is 79.9. The number of likely N-dealkylation sites (tertiary alicyclic amines) is 1. The smallest absolute Gasteiger partial charge is 0.295 e. The number of hydrogen-bond donors (Lipinski definition) is 2. The maximum atomic E-state index is 12.8. The van der Waals surface area contributed by atoms with Crippen LogP contribution >= 0.6 is 27.5 Å². The lowest BCUT2D eigenvalue weighted by atomic mass is 9.95. The Kier molecular flexibility index (Phi) is 6.07. The van der Waals surface area contributed by atoms with E-state index in [2.05, 4.69) is 15.9 Å². The summed E-state index contributed by atoms with van der Waals surface area (Å²) in [4.78, 5) is 26.7. The van der Waals surface area contributed by atoms with Gasteiger partial charge in [0.15, 0.2) is 0 Å². The van der Waals surface area contributed by atoms with E-state index in [0.717, 1.165) is 4.47 Å². The van der Waals surface area contributed by atoms with Crippen LogP contribution in [-0.4, -0.2) is 47.1 Å². The van der Waals surface area contributed by atoms with Crippen LogP contribution in [0.5, 0.6) is 5.75 Å². The van der Waals surface area contributed by atoms with Crippen LogP contribution in [0.25, 0.3) is 5.76 Å². The van der Waals surface area contributed by atoms with Gasteiger partial charge in [0.25, 0.3) is 11.7 Å². The van der Waals surface area contributed by atoms with Gasteiger partial charge in [0, 0.05) is 23.7 Å². The van der Waals surface area contributed by atoms with Crippen LogP contribution in [0.3, 0.4) is 0 Å². The highest BCUT2D eigenvalue weighted by molar-refractivity contribution is 9.10. The molecule has 2 aromatic carbocycles. The van der Waals surface area contributed by atoms with Crippen LogP contribution in [0.4, 0.5) is 0 Å². The third kappa shape index (κ3) is 3.78. The molecule has 3 rings (SSSR count). The average molecular weight is 467 g/mol. The first-order chi connectivity index (χ1) is 13.3. The number of benzene rings is 2. The summed E-state index contributed by atoms with van der Waals surface area (Å²) in [6.45, 7) is 0.370. The fourth-order valence-corrected chi connectivity index (χ4v) is 3.56. The second-order valence-corrected chi connectivity index (χ2v) is 7.53. The number of halogens is 2. The minimum atomic E-state index is -0.850. The molecule has 1 heterocycles. The zero-order chi connectivity index (χ0) is 20.4. The number of phenolic OH excluding ortho intramolecular Hbond substituents is 1. The molecule has 8 heteroatoms. The first-order valence-corrected chi connectivity index (χ1v) is 9.54. The molecule has 2 N–H and O–H groups in total. The van der Waals surface area contributed by atoms with Crippen LogP contribution in [0.1, 0.15) is 17.2 Å². The Labute approximate surface area is 175 Å². The van der Waals surface area contributed by atoms with Gasteiger partial charge in [0.2, 0.25) is 0 Å². The first-order valence-electron chi connectivity index (χ1n) is 8.37. The van der Waals surface area contributed by atoms with Crippen molar-refractivity contribution in [2.24, 2.45) is 0 Å². The number of carbonyl (C=O) groups is 2. The number of carbonyl (C=O) groups excluding carboxylic acids is 2. The van der Waals surface area contributed by atoms with E-state index in [4.69, 9.17) is 16.3 Å². The summed E-state index contributed by atoms with van der Waals surface area (Å²) in [5.74, 6) is -1.91. The van der Waals surface area contributed by atoms with Gasteiger partial charge < -0.3 is 19.8 Å². The van der Waals surface area contributed by atoms with Gasteiger partial charge in [0.05, 0.1) is 23.2 Å². The largest absolute Gasteiger partial charge is 0.507 e. The molecule has 0 radical (unpaired) electrons. The predicted octanol–water partition coefficient (Wildman–Crippen LogP) is 3.88. The lowest BCUT2D eigenvalue weighted by molar-refractivity contribution is -0.140. The average Bonchev–Trinajstić information content (AvgIpc) is 2.93. The number of aromatic hydroxyl groups is 1. The fraction of sp³-hybridized carbons (Fsp3) is 0.200. The zero-order valence-electron chi connectivity index (χ0n) is 14.9. The number of ketones is 1. The van der Waals surface area contributed by atoms with E-state index >= 15 is 0 Å². The molecule has 0 aliphatic carbocycles. The second kappa shape index (κ2) is 8.34. The fourth-order valence-electron chi connectivity index (χ4n) is 3.10. The van der Waals surface area contributed by atoms with Crippen molar-refractivity contribution >= 4 is 45.0 Å². The lowest BCUT2D eigenvalue weighted by Crippen LogP contribution is -2.32. The molecule has 1 fully saturated rings. The predicted molar refractivity (Wildman–Crippen MR) is 108 cm³/mol. The van der Waals surface area contributed by atoms with Crippen molar-refractivity contribution in [3.8, 4) is 5.75 Å². The Bertz CT molecular complexity index is 958. The third-order valence-corrected chi connectivity index (χ3v) is 5.31. The summed E-state index contributed by atoms with van der Waals surface area (Å²) < 4.78 is 5.86. The van der Waals surface area contributed by atoms with E-state index in [1.165, 1.54) is 24.1 Å². The third-order valence-electron chi connectivity index (χ3n) is 4.48. The highest BCUT2D eigenvalue weighted by Gasteiger charge is 2.46. The van der Waals surface area contributed by atoms with E-state index in [0.29, 0.717) is 11.1 Å². The highest BCUT2D eigenvalue weighted by Crippen LogP contribution is 2.41.